The van der Waals surface area contributed by atoms with Gasteiger partial charge in [0.15, 0.2) is 0 Å². The Hall–Kier alpha value is -2.40. The fourth-order valence-corrected chi connectivity index (χ4v) is 2.97. The second kappa shape index (κ2) is 5.60. The number of hydrogen-bond acceptors (Lipinski definition) is 2. The van der Waals surface area contributed by atoms with Crippen molar-refractivity contribution in [2.24, 2.45) is 0 Å². The van der Waals surface area contributed by atoms with Crippen LogP contribution in [0.3, 0.4) is 0 Å². The summed E-state index contributed by atoms with van der Waals surface area (Å²) in [6.07, 6.45) is -7.81. The van der Waals surface area contributed by atoms with E-state index in [4.69, 9.17) is 5.26 Å². The van der Waals surface area contributed by atoms with Crippen molar-refractivity contribution in [1.82, 2.24) is 4.57 Å². The summed E-state index contributed by atoms with van der Waals surface area (Å²) in [5.41, 5.74) is -1.69. The molecule has 3 nitrogen and oxygen atoms in total. The summed E-state index contributed by atoms with van der Waals surface area (Å²) < 4.78 is 68.0. The SMILES string of the molecule is N#Cc1cc(-n2cc(C(F)(F)F)c3c2CCC(F)[C@H]3O)ccc1F. The van der Waals surface area contributed by atoms with Gasteiger partial charge in [-0.15, -0.1) is 0 Å². The minimum Gasteiger partial charge on any atom is -0.385 e. The number of aromatic nitrogens is 1. The van der Waals surface area contributed by atoms with Crippen LogP contribution in [-0.4, -0.2) is 15.8 Å². The number of rotatable bonds is 1. The molecule has 0 saturated carbocycles. The Morgan fingerprint density at radius 3 is 2.62 bits per heavy atom. The molecule has 24 heavy (non-hydrogen) atoms. The number of nitrogens with zero attached hydrogens (tertiary/aromatic N) is 2. The number of nitriles is 1. The third-order valence-electron chi connectivity index (χ3n) is 4.10. The molecule has 2 atom stereocenters. The molecule has 1 aromatic carbocycles. The van der Waals surface area contributed by atoms with Crippen LogP contribution in [-0.2, 0) is 12.6 Å². The minimum atomic E-state index is -4.77. The van der Waals surface area contributed by atoms with E-state index in [0.29, 0.717) is 0 Å². The van der Waals surface area contributed by atoms with Crippen molar-refractivity contribution >= 4 is 0 Å². The molecule has 0 fully saturated rings. The summed E-state index contributed by atoms with van der Waals surface area (Å²) >= 11 is 0. The molecule has 1 unspecified atom stereocenters. The van der Waals surface area contributed by atoms with E-state index in [-0.39, 0.29) is 29.8 Å². The van der Waals surface area contributed by atoms with Gasteiger partial charge < -0.3 is 9.67 Å². The lowest BCUT2D eigenvalue weighted by Crippen LogP contribution is -2.24. The number of hydrogen-bond donors (Lipinski definition) is 1. The zero-order valence-electron chi connectivity index (χ0n) is 12.1. The van der Waals surface area contributed by atoms with Crippen LogP contribution < -0.4 is 0 Å². The number of alkyl halides is 4. The van der Waals surface area contributed by atoms with E-state index in [1.807, 2.05) is 0 Å². The Morgan fingerprint density at radius 2 is 2.00 bits per heavy atom. The smallest absolute Gasteiger partial charge is 0.385 e. The predicted molar refractivity (Wildman–Crippen MR) is 73.6 cm³/mol. The summed E-state index contributed by atoms with van der Waals surface area (Å²) in [6.45, 7) is 0. The van der Waals surface area contributed by atoms with E-state index in [0.717, 1.165) is 22.9 Å². The first-order chi connectivity index (χ1) is 11.2. The highest BCUT2D eigenvalue weighted by molar-refractivity contribution is 5.49. The van der Waals surface area contributed by atoms with Gasteiger partial charge in [-0.05, 0) is 31.0 Å². The highest BCUT2D eigenvalue weighted by atomic mass is 19.4. The van der Waals surface area contributed by atoms with Crippen molar-refractivity contribution in [2.45, 2.75) is 31.3 Å². The summed E-state index contributed by atoms with van der Waals surface area (Å²) in [7, 11) is 0. The molecule has 3 rings (SSSR count). The fraction of sp³-hybridized carbons (Fsp3) is 0.312. The molecular formula is C16H11F5N2O. The summed E-state index contributed by atoms with van der Waals surface area (Å²) in [4.78, 5) is 0. The first kappa shape index (κ1) is 16.5. The van der Waals surface area contributed by atoms with Gasteiger partial charge in [-0.3, -0.25) is 0 Å². The second-order valence-electron chi connectivity index (χ2n) is 5.55. The van der Waals surface area contributed by atoms with Crippen molar-refractivity contribution in [1.29, 1.82) is 5.26 Å². The van der Waals surface area contributed by atoms with Crippen molar-refractivity contribution in [3.63, 3.8) is 0 Å². The van der Waals surface area contributed by atoms with E-state index in [2.05, 4.69) is 0 Å². The van der Waals surface area contributed by atoms with Crippen LogP contribution in [0, 0.1) is 17.1 Å². The van der Waals surface area contributed by atoms with Crippen LogP contribution in [0.5, 0.6) is 0 Å². The maximum atomic E-state index is 13.7. The zero-order valence-corrected chi connectivity index (χ0v) is 12.1. The third-order valence-corrected chi connectivity index (χ3v) is 4.10. The molecule has 1 aromatic heterocycles. The van der Waals surface area contributed by atoms with Crippen molar-refractivity contribution < 1.29 is 27.1 Å². The summed E-state index contributed by atoms with van der Waals surface area (Å²) in [5, 5.41) is 18.7. The first-order valence-electron chi connectivity index (χ1n) is 7.07. The third kappa shape index (κ3) is 2.55. The van der Waals surface area contributed by atoms with Crippen LogP contribution in [0.4, 0.5) is 22.0 Å². The van der Waals surface area contributed by atoms with Crippen LogP contribution >= 0.6 is 0 Å². The number of halogens is 5. The Kier molecular flexibility index (Phi) is 3.84. The van der Waals surface area contributed by atoms with Gasteiger partial charge in [0.1, 0.15) is 24.2 Å². The first-order valence-corrected chi connectivity index (χ1v) is 7.07. The van der Waals surface area contributed by atoms with E-state index in [1.165, 1.54) is 6.07 Å². The summed E-state index contributed by atoms with van der Waals surface area (Å²) in [5.74, 6) is -0.790. The Labute approximate surface area is 133 Å². The highest BCUT2D eigenvalue weighted by Gasteiger charge is 2.42. The lowest BCUT2D eigenvalue weighted by Gasteiger charge is -2.25. The van der Waals surface area contributed by atoms with E-state index < -0.39 is 35.4 Å². The van der Waals surface area contributed by atoms with Gasteiger partial charge in [-0.2, -0.15) is 18.4 Å². The van der Waals surface area contributed by atoms with Crippen molar-refractivity contribution in [2.75, 3.05) is 0 Å². The van der Waals surface area contributed by atoms with Crippen LogP contribution in [0.2, 0.25) is 0 Å². The van der Waals surface area contributed by atoms with Gasteiger partial charge in [-0.25, -0.2) is 8.78 Å². The molecular weight excluding hydrogens is 331 g/mol. The number of fused-ring (bicyclic) bond motifs is 1. The van der Waals surface area contributed by atoms with E-state index in [1.54, 1.807) is 6.07 Å². The largest absolute Gasteiger partial charge is 0.418 e. The molecule has 0 saturated heterocycles. The molecule has 126 valence electrons. The van der Waals surface area contributed by atoms with Gasteiger partial charge in [0.05, 0.1) is 11.1 Å². The quantitative estimate of drug-likeness (QED) is 0.801. The molecule has 0 bridgehead atoms. The van der Waals surface area contributed by atoms with Crippen molar-refractivity contribution in [3.8, 4) is 11.8 Å². The zero-order chi connectivity index (χ0) is 17.6. The van der Waals surface area contributed by atoms with E-state index in [9.17, 15) is 27.1 Å². The van der Waals surface area contributed by atoms with E-state index >= 15 is 0 Å². The Bertz CT molecular complexity index is 834. The van der Waals surface area contributed by atoms with Gasteiger partial charge in [0, 0.05) is 23.1 Å². The maximum Gasteiger partial charge on any atom is 0.418 e. The molecule has 8 heteroatoms. The predicted octanol–water partition coefficient (Wildman–Crippen LogP) is 3.82. The van der Waals surface area contributed by atoms with Gasteiger partial charge >= 0.3 is 6.18 Å². The lowest BCUT2D eigenvalue weighted by atomic mass is 9.90. The molecule has 0 aliphatic heterocycles. The average molecular weight is 342 g/mol. The number of benzene rings is 1. The molecule has 1 aliphatic rings. The van der Waals surface area contributed by atoms with Crippen LogP contribution in [0.1, 0.15) is 34.9 Å². The second-order valence-corrected chi connectivity index (χ2v) is 5.55. The minimum absolute atomic E-state index is 0.0110. The topological polar surface area (TPSA) is 49.0 Å². The number of aliphatic hydroxyl groups is 1. The standard InChI is InChI=1S/C16H11F5N2O/c17-11-2-1-9(5-8(11)6-22)23-7-10(16(19,20)21)14-13(23)4-3-12(18)15(14)24/h1-2,5,7,12,15,24H,3-4H2/t12?,15-/m1/s1. The fourth-order valence-electron chi connectivity index (χ4n) is 2.97. The van der Waals surface area contributed by atoms with Crippen molar-refractivity contribution in [3.05, 3.63) is 52.6 Å². The monoisotopic (exact) mass is 342 g/mol. The maximum absolute atomic E-state index is 13.7. The van der Waals surface area contributed by atoms with Crippen LogP contribution in [0.25, 0.3) is 5.69 Å². The highest BCUT2D eigenvalue weighted by Crippen LogP contribution is 2.43. The average Bonchev–Trinajstić information content (AvgIpc) is 2.92. The number of aliphatic hydroxyl groups excluding tert-OH is 1. The van der Waals surface area contributed by atoms with Gasteiger partial charge in [0.25, 0.3) is 0 Å². The van der Waals surface area contributed by atoms with Gasteiger partial charge in [-0.1, -0.05) is 0 Å². The molecule has 0 amide bonds. The molecule has 2 aromatic rings. The molecule has 1 heterocycles. The van der Waals surface area contributed by atoms with Crippen LogP contribution in [0.15, 0.2) is 24.4 Å². The molecule has 0 spiro atoms. The Balaban J connectivity index is 2.24. The normalized spacial score (nSPS) is 20.5. The molecule has 1 N–H and O–H groups in total. The summed E-state index contributed by atoms with van der Waals surface area (Å²) in [6, 6.07) is 4.94. The Morgan fingerprint density at radius 1 is 1.29 bits per heavy atom. The molecule has 0 radical (unpaired) electrons. The molecule has 1 aliphatic carbocycles. The lowest BCUT2D eigenvalue weighted by molar-refractivity contribution is -0.139. The van der Waals surface area contributed by atoms with Gasteiger partial charge in [0.2, 0.25) is 0 Å².